The Balaban J connectivity index is 1.67. The largest absolute Gasteiger partial charge is 0.504 e. The molecule has 0 aliphatic carbocycles. The Morgan fingerprint density at radius 2 is 1.26 bits per heavy atom. The molecule has 2 aromatic rings. The number of rotatable bonds is 10. The average molecular weight is 428 g/mol. The SMILES string of the molecule is COc1ccc(/C=N/NC(=O)CCCC(=O)N/N=C/c2ccc(OC)c(O)c2)cc1O. The maximum absolute atomic E-state index is 11.8. The number of nitrogens with one attached hydrogen (secondary N) is 2. The zero-order chi connectivity index (χ0) is 22.6. The van der Waals surface area contributed by atoms with E-state index in [1.807, 2.05) is 0 Å². The molecular formula is C21H24N4O6. The molecule has 2 aromatic carbocycles. The molecule has 0 aliphatic rings. The summed E-state index contributed by atoms with van der Waals surface area (Å²) in [7, 11) is 2.89. The molecule has 2 amide bonds. The summed E-state index contributed by atoms with van der Waals surface area (Å²) < 4.78 is 9.89. The van der Waals surface area contributed by atoms with E-state index in [9.17, 15) is 19.8 Å². The van der Waals surface area contributed by atoms with Crippen molar-refractivity contribution in [1.82, 2.24) is 10.9 Å². The number of phenolic OH excluding ortho intramolecular Hbond substituents is 2. The molecule has 0 fully saturated rings. The lowest BCUT2D eigenvalue weighted by Crippen LogP contribution is -2.20. The van der Waals surface area contributed by atoms with Crippen molar-refractivity contribution in [2.75, 3.05) is 14.2 Å². The van der Waals surface area contributed by atoms with Gasteiger partial charge < -0.3 is 19.7 Å². The summed E-state index contributed by atoms with van der Waals surface area (Å²) >= 11 is 0. The minimum Gasteiger partial charge on any atom is -0.504 e. The van der Waals surface area contributed by atoms with Crippen LogP contribution < -0.4 is 20.3 Å². The van der Waals surface area contributed by atoms with Crippen molar-refractivity contribution in [3.63, 3.8) is 0 Å². The molecule has 4 N–H and O–H groups in total. The first kappa shape index (κ1) is 23.2. The second kappa shape index (κ2) is 11.8. The van der Waals surface area contributed by atoms with Crippen LogP contribution in [0.25, 0.3) is 0 Å². The number of aromatic hydroxyl groups is 2. The number of ether oxygens (including phenoxy) is 2. The van der Waals surface area contributed by atoms with Crippen LogP contribution in [0, 0.1) is 0 Å². The third kappa shape index (κ3) is 7.69. The molecule has 0 saturated heterocycles. The van der Waals surface area contributed by atoms with Gasteiger partial charge in [0.2, 0.25) is 11.8 Å². The molecule has 0 unspecified atom stereocenters. The zero-order valence-electron chi connectivity index (χ0n) is 17.2. The van der Waals surface area contributed by atoms with Crippen molar-refractivity contribution in [1.29, 1.82) is 0 Å². The first-order valence-corrected chi connectivity index (χ1v) is 9.30. The number of hydrogen-bond acceptors (Lipinski definition) is 8. The topological polar surface area (TPSA) is 142 Å². The van der Waals surface area contributed by atoms with Crippen molar-refractivity contribution in [2.45, 2.75) is 19.3 Å². The zero-order valence-corrected chi connectivity index (χ0v) is 17.2. The Labute approximate surface area is 179 Å². The van der Waals surface area contributed by atoms with Gasteiger partial charge in [0.25, 0.3) is 0 Å². The van der Waals surface area contributed by atoms with Gasteiger partial charge in [0.15, 0.2) is 23.0 Å². The predicted octanol–water partition coefficient (Wildman–Crippen LogP) is 1.89. The molecule has 0 saturated carbocycles. The first-order chi connectivity index (χ1) is 14.9. The second-order valence-electron chi connectivity index (χ2n) is 6.30. The molecule has 0 atom stereocenters. The van der Waals surface area contributed by atoms with Gasteiger partial charge >= 0.3 is 0 Å². The molecule has 0 heterocycles. The van der Waals surface area contributed by atoms with Gasteiger partial charge in [-0.05, 0) is 53.9 Å². The monoisotopic (exact) mass is 428 g/mol. The van der Waals surface area contributed by atoms with Crippen LogP contribution in [0.2, 0.25) is 0 Å². The minimum atomic E-state index is -0.348. The highest BCUT2D eigenvalue weighted by molar-refractivity contribution is 5.84. The average Bonchev–Trinajstić information content (AvgIpc) is 2.74. The van der Waals surface area contributed by atoms with Crippen LogP contribution in [0.3, 0.4) is 0 Å². The maximum Gasteiger partial charge on any atom is 0.240 e. The van der Waals surface area contributed by atoms with Crippen molar-refractivity contribution < 1.29 is 29.3 Å². The fourth-order valence-corrected chi connectivity index (χ4v) is 2.45. The van der Waals surface area contributed by atoms with Crippen molar-refractivity contribution in [3.8, 4) is 23.0 Å². The van der Waals surface area contributed by atoms with Gasteiger partial charge in [-0.1, -0.05) is 0 Å². The van der Waals surface area contributed by atoms with E-state index in [0.717, 1.165) is 0 Å². The second-order valence-corrected chi connectivity index (χ2v) is 6.30. The molecule has 164 valence electrons. The van der Waals surface area contributed by atoms with Crippen LogP contribution in [0.5, 0.6) is 23.0 Å². The number of nitrogens with zero attached hydrogens (tertiary/aromatic N) is 2. The van der Waals surface area contributed by atoms with Crippen molar-refractivity contribution in [2.24, 2.45) is 10.2 Å². The highest BCUT2D eigenvalue weighted by atomic mass is 16.5. The molecule has 0 radical (unpaired) electrons. The van der Waals surface area contributed by atoms with E-state index in [4.69, 9.17) is 9.47 Å². The van der Waals surface area contributed by atoms with E-state index < -0.39 is 0 Å². The van der Waals surface area contributed by atoms with E-state index >= 15 is 0 Å². The highest BCUT2D eigenvalue weighted by Crippen LogP contribution is 2.26. The Hall–Kier alpha value is -4.08. The van der Waals surface area contributed by atoms with Crippen LogP contribution >= 0.6 is 0 Å². The quantitative estimate of drug-likeness (QED) is 0.336. The van der Waals surface area contributed by atoms with Crippen molar-refractivity contribution in [3.05, 3.63) is 47.5 Å². The fourth-order valence-electron chi connectivity index (χ4n) is 2.45. The van der Waals surface area contributed by atoms with Gasteiger partial charge in [-0.2, -0.15) is 10.2 Å². The summed E-state index contributed by atoms with van der Waals surface area (Å²) in [5.41, 5.74) is 5.88. The molecule has 10 heteroatoms. The maximum atomic E-state index is 11.8. The van der Waals surface area contributed by atoms with Gasteiger partial charge in [0, 0.05) is 12.8 Å². The summed E-state index contributed by atoms with van der Waals surface area (Å²) in [5, 5.41) is 27.0. The molecule has 10 nitrogen and oxygen atoms in total. The smallest absolute Gasteiger partial charge is 0.240 e. The fraction of sp³-hybridized carbons (Fsp3) is 0.238. The summed E-state index contributed by atoms with van der Waals surface area (Å²) in [6, 6.07) is 9.41. The normalized spacial score (nSPS) is 10.9. The van der Waals surface area contributed by atoms with Gasteiger partial charge in [-0.25, -0.2) is 10.9 Å². The third-order valence-corrected chi connectivity index (χ3v) is 4.02. The van der Waals surface area contributed by atoms with E-state index in [0.29, 0.717) is 29.0 Å². The number of carbonyl (C=O) groups is 2. The molecule has 0 aromatic heterocycles. The molecule has 2 rings (SSSR count). The number of benzene rings is 2. The molecule has 0 spiro atoms. The van der Waals surface area contributed by atoms with E-state index in [1.165, 1.54) is 38.8 Å². The van der Waals surface area contributed by atoms with Gasteiger partial charge in [0.05, 0.1) is 26.6 Å². The Morgan fingerprint density at radius 3 is 1.61 bits per heavy atom. The number of hydrogen-bond donors (Lipinski definition) is 4. The lowest BCUT2D eigenvalue weighted by Gasteiger charge is -2.03. The lowest BCUT2D eigenvalue weighted by atomic mass is 10.2. The number of methoxy groups -OCH3 is 2. The minimum absolute atomic E-state index is 0.0322. The van der Waals surface area contributed by atoms with Gasteiger partial charge in [-0.3, -0.25) is 9.59 Å². The lowest BCUT2D eigenvalue weighted by molar-refractivity contribution is -0.122. The standard InChI is InChI=1S/C21H24N4O6/c1-30-18-8-6-14(10-16(18)26)12-22-24-20(28)4-3-5-21(29)25-23-13-15-7-9-19(31-2)17(27)11-15/h6-13,26-27H,3-5H2,1-2H3,(H,24,28)(H,25,29)/b22-12+,23-13+. The number of amides is 2. The predicted molar refractivity (Wildman–Crippen MR) is 115 cm³/mol. The van der Waals surface area contributed by atoms with Crippen LogP contribution in [0.15, 0.2) is 46.6 Å². The van der Waals surface area contributed by atoms with Crippen LogP contribution in [-0.4, -0.2) is 48.7 Å². The Bertz CT molecular complexity index is 897. The van der Waals surface area contributed by atoms with E-state index in [1.54, 1.807) is 24.3 Å². The molecule has 0 bridgehead atoms. The molecule has 31 heavy (non-hydrogen) atoms. The summed E-state index contributed by atoms with van der Waals surface area (Å²) in [5.74, 6) is -0.0830. The van der Waals surface area contributed by atoms with Crippen LogP contribution in [-0.2, 0) is 9.59 Å². The highest BCUT2D eigenvalue weighted by Gasteiger charge is 2.05. The first-order valence-electron chi connectivity index (χ1n) is 9.30. The van der Waals surface area contributed by atoms with E-state index in [2.05, 4.69) is 21.1 Å². The molecular weight excluding hydrogens is 404 g/mol. The Kier molecular flexibility index (Phi) is 8.84. The van der Waals surface area contributed by atoms with Crippen molar-refractivity contribution >= 4 is 24.2 Å². The molecule has 0 aliphatic heterocycles. The summed E-state index contributed by atoms with van der Waals surface area (Å²) in [4.78, 5) is 23.6. The number of hydrazone groups is 2. The summed E-state index contributed by atoms with van der Waals surface area (Å²) in [6.45, 7) is 0. The summed E-state index contributed by atoms with van der Waals surface area (Å²) in [6.07, 6.45) is 3.30. The van der Waals surface area contributed by atoms with Crippen LogP contribution in [0.4, 0.5) is 0 Å². The third-order valence-electron chi connectivity index (χ3n) is 4.02. The van der Waals surface area contributed by atoms with E-state index in [-0.39, 0.29) is 36.2 Å². The van der Waals surface area contributed by atoms with Gasteiger partial charge in [-0.15, -0.1) is 0 Å². The number of carbonyl (C=O) groups excluding carboxylic acids is 2. The van der Waals surface area contributed by atoms with Crippen LogP contribution in [0.1, 0.15) is 30.4 Å². The van der Waals surface area contributed by atoms with Gasteiger partial charge in [0.1, 0.15) is 0 Å². The Morgan fingerprint density at radius 1 is 0.839 bits per heavy atom. The number of phenols is 2.